The lowest BCUT2D eigenvalue weighted by Crippen LogP contribution is -2.35. The van der Waals surface area contributed by atoms with Gasteiger partial charge in [0, 0.05) is 30.5 Å². The molecule has 1 saturated carbocycles. The van der Waals surface area contributed by atoms with E-state index in [-0.39, 0.29) is 0 Å². The zero-order valence-electron chi connectivity index (χ0n) is 16.3. The molecule has 2 aromatic carbocycles. The van der Waals surface area contributed by atoms with Crippen LogP contribution in [-0.4, -0.2) is 16.0 Å². The Morgan fingerprint density at radius 3 is 2.44 bits per heavy atom. The van der Waals surface area contributed by atoms with E-state index in [2.05, 4.69) is 77.7 Å². The van der Waals surface area contributed by atoms with Crippen LogP contribution in [0.5, 0.6) is 0 Å². The Labute approximate surface area is 162 Å². The molecular formula is C24H29N3. The van der Waals surface area contributed by atoms with E-state index in [0.29, 0.717) is 11.5 Å². The highest BCUT2D eigenvalue weighted by atomic mass is 14.9. The Hall–Kier alpha value is -2.39. The lowest BCUT2D eigenvalue weighted by molar-refractivity contribution is 0.206. The molecule has 3 heteroatoms. The molecule has 3 nitrogen and oxygen atoms in total. The molecule has 140 valence electrons. The molecule has 1 fully saturated rings. The first-order valence-corrected chi connectivity index (χ1v) is 10.0. The maximum Gasteiger partial charge on any atom is 0.137 e. The number of hydrogen-bond acceptors (Lipinski definition) is 2. The average molecular weight is 360 g/mol. The summed E-state index contributed by atoms with van der Waals surface area (Å²) in [7, 11) is 0. The summed E-state index contributed by atoms with van der Waals surface area (Å²) in [4.78, 5) is 7.47. The average Bonchev–Trinajstić information content (AvgIpc) is 3.22. The van der Waals surface area contributed by atoms with Gasteiger partial charge >= 0.3 is 0 Å². The molecule has 0 bridgehead atoms. The third-order valence-corrected chi connectivity index (χ3v) is 5.85. The molecule has 3 aromatic rings. The van der Waals surface area contributed by atoms with Crippen molar-refractivity contribution >= 4 is 0 Å². The van der Waals surface area contributed by atoms with Gasteiger partial charge in [0.2, 0.25) is 0 Å². The van der Waals surface area contributed by atoms with E-state index >= 15 is 0 Å². The monoisotopic (exact) mass is 359 g/mol. The van der Waals surface area contributed by atoms with Gasteiger partial charge in [0.25, 0.3) is 0 Å². The first-order valence-electron chi connectivity index (χ1n) is 10.0. The fraction of sp³-hybridized carbons (Fsp3) is 0.375. The Bertz CT molecular complexity index is 853. The van der Waals surface area contributed by atoms with Gasteiger partial charge in [-0.2, -0.15) is 0 Å². The van der Waals surface area contributed by atoms with Crippen LogP contribution in [0.2, 0.25) is 0 Å². The van der Waals surface area contributed by atoms with Gasteiger partial charge in [0.1, 0.15) is 5.82 Å². The zero-order chi connectivity index (χ0) is 18.7. The molecule has 1 aliphatic carbocycles. The highest BCUT2D eigenvalue weighted by Gasteiger charge is 2.26. The predicted octanol–water partition coefficient (Wildman–Crippen LogP) is 5.80. The smallest absolute Gasteiger partial charge is 0.137 e. The summed E-state index contributed by atoms with van der Waals surface area (Å²) in [6, 6.07) is 18.1. The van der Waals surface area contributed by atoms with E-state index in [4.69, 9.17) is 0 Å². The van der Waals surface area contributed by atoms with Gasteiger partial charge in [-0.1, -0.05) is 56.3 Å². The Morgan fingerprint density at radius 1 is 1.00 bits per heavy atom. The number of aromatic amines is 1. The van der Waals surface area contributed by atoms with Crippen molar-refractivity contribution in [2.24, 2.45) is 5.41 Å². The number of rotatable bonds is 5. The number of benzene rings is 2. The lowest BCUT2D eigenvalue weighted by atomic mass is 9.75. The van der Waals surface area contributed by atoms with Crippen molar-refractivity contribution in [1.82, 2.24) is 15.3 Å². The zero-order valence-corrected chi connectivity index (χ0v) is 16.3. The second-order valence-electron chi connectivity index (χ2n) is 8.53. The minimum Gasteiger partial charge on any atom is -0.345 e. The molecular weight excluding hydrogens is 330 g/mol. The van der Waals surface area contributed by atoms with Crippen LogP contribution in [0.15, 0.2) is 60.9 Å². The molecule has 4 rings (SSSR count). The fourth-order valence-corrected chi connectivity index (χ4v) is 3.97. The summed E-state index contributed by atoms with van der Waals surface area (Å²) in [5, 5.41) is 3.77. The fourth-order valence-electron chi connectivity index (χ4n) is 3.97. The number of hydrogen-bond donors (Lipinski definition) is 2. The first kappa shape index (κ1) is 18.0. The third-order valence-electron chi connectivity index (χ3n) is 5.85. The number of aromatic nitrogens is 2. The maximum absolute atomic E-state index is 4.32. The van der Waals surface area contributed by atoms with E-state index in [1.165, 1.54) is 42.4 Å². The molecule has 0 amide bonds. The Morgan fingerprint density at radius 2 is 1.74 bits per heavy atom. The van der Waals surface area contributed by atoms with Crippen molar-refractivity contribution in [3.8, 4) is 22.5 Å². The van der Waals surface area contributed by atoms with E-state index in [1.807, 2.05) is 6.20 Å². The molecule has 1 aliphatic rings. The summed E-state index contributed by atoms with van der Waals surface area (Å²) >= 11 is 0. The van der Waals surface area contributed by atoms with Gasteiger partial charge in [-0.25, -0.2) is 4.98 Å². The topological polar surface area (TPSA) is 40.7 Å². The van der Waals surface area contributed by atoms with Gasteiger partial charge < -0.3 is 10.3 Å². The molecule has 0 aliphatic heterocycles. The second kappa shape index (κ2) is 7.69. The molecule has 0 saturated heterocycles. The highest BCUT2D eigenvalue weighted by molar-refractivity contribution is 5.68. The van der Waals surface area contributed by atoms with Crippen LogP contribution in [0.3, 0.4) is 0 Å². The second-order valence-corrected chi connectivity index (χ2v) is 8.53. The molecule has 0 spiro atoms. The summed E-state index contributed by atoms with van der Waals surface area (Å²) < 4.78 is 0. The largest absolute Gasteiger partial charge is 0.345 e. The number of nitrogens with one attached hydrogen (secondary N) is 2. The van der Waals surface area contributed by atoms with Crippen LogP contribution in [0.1, 0.15) is 45.1 Å². The molecule has 2 N–H and O–H groups in total. The summed E-state index contributed by atoms with van der Waals surface area (Å²) in [6.07, 6.45) is 8.88. The molecule has 1 heterocycles. The van der Waals surface area contributed by atoms with Gasteiger partial charge in [-0.15, -0.1) is 0 Å². The molecule has 27 heavy (non-hydrogen) atoms. The van der Waals surface area contributed by atoms with Crippen molar-refractivity contribution in [3.05, 3.63) is 66.5 Å². The predicted molar refractivity (Wildman–Crippen MR) is 112 cm³/mol. The summed E-state index contributed by atoms with van der Waals surface area (Å²) in [5.74, 6) is 0.912. The first-order chi connectivity index (χ1) is 13.1. The minimum atomic E-state index is 0.528. The van der Waals surface area contributed by atoms with Crippen molar-refractivity contribution < 1.29 is 0 Å². The third kappa shape index (κ3) is 4.48. The van der Waals surface area contributed by atoms with Crippen molar-refractivity contribution in [3.63, 3.8) is 0 Å². The van der Waals surface area contributed by atoms with E-state index < -0.39 is 0 Å². The number of H-pyrrole nitrogens is 1. The van der Waals surface area contributed by atoms with Gasteiger partial charge in [-0.3, -0.25) is 0 Å². The van der Waals surface area contributed by atoms with E-state index in [9.17, 15) is 0 Å². The lowest BCUT2D eigenvalue weighted by Gasteiger charge is -2.34. The van der Waals surface area contributed by atoms with Gasteiger partial charge in [-0.05, 0) is 53.9 Å². The SMILES string of the molecule is CC1(C)CCC(NCc2cccc(-c3ccc(-c4ncc[nH]4)cc3)c2)CC1. The van der Waals surface area contributed by atoms with Crippen molar-refractivity contribution in [1.29, 1.82) is 0 Å². The maximum atomic E-state index is 4.32. The van der Waals surface area contributed by atoms with Crippen molar-refractivity contribution in [2.45, 2.75) is 52.1 Å². The van der Waals surface area contributed by atoms with Crippen LogP contribution >= 0.6 is 0 Å². The van der Waals surface area contributed by atoms with Crippen molar-refractivity contribution in [2.75, 3.05) is 0 Å². The normalized spacial score (nSPS) is 17.1. The Balaban J connectivity index is 1.40. The minimum absolute atomic E-state index is 0.528. The summed E-state index contributed by atoms with van der Waals surface area (Å²) in [6.45, 7) is 5.73. The van der Waals surface area contributed by atoms with Crippen LogP contribution < -0.4 is 5.32 Å². The van der Waals surface area contributed by atoms with Crippen LogP contribution in [0, 0.1) is 5.41 Å². The number of imidazole rings is 1. The van der Waals surface area contributed by atoms with Crippen LogP contribution in [0.4, 0.5) is 0 Å². The Kier molecular flexibility index (Phi) is 5.13. The highest BCUT2D eigenvalue weighted by Crippen LogP contribution is 2.35. The molecule has 1 aromatic heterocycles. The standard InChI is InChI=1S/C24H29N3/c1-24(2)12-10-22(11-13-24)27-17-18-4-3-5-21(16-18)19-6-8-20(9-7-19)23-25-14-15-26-23/h3-9,14-16,22,27H,10-13,17H2,1-2H3,(H,25,26). The number of nitrogens with zero attached hydrogens (tertiary/aromatic N) is 1. The van der Waals surface area contributed by atoms with Crippen LogP contribution in [-0.2, 0) is 6.54 Å². The van der Waals surface area contributed by atoms with E-state index in [1.54, 1.807) is 6.20 Å². The molecule has 0 unspecified atom stereocenters. The van der Waals surface area contributed by atoms with E-state index in [0.717, 1.165) is 17.9 Å². The molecule has 0 atom stereocenters. The van der Waals surface area contributed by atoms with Crippen LogP contribution in [0.25, 0.3) is 22.5 Å². The quantitative estimate of drug-likeness (QED) is 0.604. The molecule has 0 radical (unpaired) electrons. The van der Waals surface area contributed by atoms with Gasteiger partial charge in [0.15, 0.2) is 0 Å². The van der Waals surface area contributed by atoms with Gasteiger partial charge in [0.05, 0.1) is 0 Å². The summed E-state index contributed by atoms with van der Waals surface area (Å²) in [5.41, 5.74) is 5.51.